The number of carbonyl (C=O) groups excluding carboxylic acids is 1. The van der Waals surface area contributed by atoms with E-state index in [2.05, 4.69) is 38.3 Å². The van der Waals surface area contributed by atoms with Gasteiger partial charge in [-0.2, -0.15) is 0 Å². The van der Waals surface area contributed by atoms with Gasteiger partial charge in [-0.05, 0) is 42.3 Å². The van der Waals surface area contributed by atoms with E-state index in [9.17, 15) is 4.79 Å². The van der Waals surface area contributed by atoms with Crippen molar-refractivity contribution < 1.29 is 13.9 Å². The zero-order valence-electron chi connectivity index (χ0n) is 20.2. The van der Waals surface area contributed by atoms with E-state index in [0.717, 1.165) is 80.1 Å². The van der Waals surface area contributed by atoms with Gasteiger partial charge in [0.15, 0.2) is 11.3 Å². The Labute approximate surface area is 206 Å². The number of hydrogen-bond donors (Lipinski definition) is 1. The van der Waals surface area contributed by atoms with Crippen molar-refractivity contribution in [3.8, 4) is 5.75 Å². The fraction of sp³-hybridized carbons (Fsp3) is 0.357. The Hall–Kier alpha value is -3.58. The third-order valence-electron chi connectivity index (χ3n) is 6.65. The number of hydrogen-bond acceptors (Lipinski definition) is 6. The number of nitrogens with zero attached hydrogens (tertiary/aromatic N) is 3. The largest absolute Gasteiger partial charge is 0.497 e. The number of para-hydroxylation sites is 1. The second-order valence-corrected chi connectivity index (χ2v) is 8.98. The van der Waals surface area contributed by atoms with Gasteiger partial charge in [-0.25, -0.2) is 0 Å². The maximum Gasteiger partial charge on any atom is 0.287 e. The average molecular weight is 473 g/mol. The van der Waals surface area contributed by atoms with Crippen LogP contribution in [0.5, 0.6) is 5.75 Å². The Bertz CT molecular complexity index is 1240. The molecule has 7 nitrogen and oxygen atoms in total. The van der Waals surface area contributed by atoms with E-state index < -0.39 is 0 Å². The van der Waals surface area contributed by atoms with Crippen LogP contribution < -0.4 is 15.0 Å². The van der Waals surface area contributed by atoms with Gasteiger partial charge in [0.1, 0.15) is 5.75 Å². The third-order valence-corrected chi connectivity index (χ3v) is 6.65. The molecule has 1 fully saturated rings. The zero-order valence-corrected chi connectivity index (χ0v) is 20.2. The molecule has 0 spiro atoms. The first kappa shape index (κ1) is 23.2. The van der Waals surface area contributed by atoms with Crippen molar-refractivity contribution in [1.29, 1.82) is 0 Å². The van der Waals surface area contributed by atoms with Gasteiger partial charge in [-0.3, -0.25) is 14.7 Å². The smallest absolute Gasteiger partial charge is 0.287 e. The molecule has 2 aliphatic heterocycles. The fourth-order valence-electron chi connectivity index (χ4n) is 4.66. The normalized spacial score (nSPS) is 16.4. The number of ether oxygens (including phenoxy) is 1. The lowest BCUT2D eigenvalue weighted by Crippen LogP contribution is -2.47. The van der Waals surface area contributed by atoms with Crippen LogP contribution in [0.3, 0.4) is 0 Å². The Kier molecular flexibility index (Phi) is 7.14. The van der Waals surface area contributed by atoms with Crippen molar-refractivity contribution in [2.75, 3.05) is 51.3 Å². The highest BCUT2D eigenvalue weighted by Gasteiger charge is 2.21. The molecule has 0 bridgehead atoms. The highest BCUT2D eigenvalue weighted by molar-refractivity contribution is 5.99. The van der Waals surface area contributed by atoms with E-state index in [-0.39, 0.29) is 5.91 Å². The van der Waals surface area contributed by atoms with Gasteiger partial charge in [-0.15, -0.1) is 0 Å². The molecule has 5 rings (SSSR count). The molecule has 0 saturated carbocycles. The number of aliphatic imine (C=N–C) groups is 1. The molecule has 0 radical (unpaired) electrons. The molecule has 0 aliphatic carbocycles. The summed E-state index contributed by atoms with van der Waals surface area (Å²) in [7, 11) is 1.63. The molecular formula is C28H32N4O3. The van der Waals surface area contributed by atoms with Crippen LogP contribution >= 0.6 is 0 Å². The van der Waals surface area contributed by atoms with Gasteiger partial charge in [0.2, 0.25) is 0 Å². The predicted molar refractivity (Wildman–Crippen MR) is 140 cm³/mol. The lowest BCUT2D eigenvalue weighted by atomic mass is 10.1. The highest BCUT2D eigenvalue weighted by atomic mass is 16.5. The summed E-state index contributed by atoms with van der Waals surface area (Å²) in [5.74, 6) is 0.875. The Morgan fingerprint density at radius 2 is 1.97 bits per heavy atom. The minimum atomic E-state index is -0.223. The standard InChI is InChI=1S/C28H32N4O3/c1-34-24-9-4-6-21(18-24)20-30-28(33)26-19-22-7-5-10-25(27(22)35-26)32-16-14-31(15-17-32)13-11-23-8-2-3-12-29-23/h2,4-10,18-19H,3,11-17,20H2,1H3,(H,30,33). The maximum atomic E-state index is 12.8. The van der Waals surface area contributed by atoms with Crippen molar-refractivity contribution >= 4 is 28.3 Å². The molecule has 3 aromatic rings. The number of allylic oxidation sites excluding steroid dienone is 1. The topological polar surface area (TPSA) is 70.3 Å². The number of carbonyl (C=O) groups is 1. The summed E-state index contributed by atoms with van der Waals surface area (Å²) in [6.07, 6.45) is 6.46. The van der Waals surface area contributed by atoms with E-state index in [1.807, 2.05) is 42.5 Å². The van der Waals surface area contributed by atoms with Crippen molar-refractivity contribution in [2.24, 2.45) is 4.99 Å². The highest BCUT2D eigenvalue weighted by Crippen LogP contribution is 2.30. The van der Waals surface area contributed by atoms with E-state index in [4.69, 9.17) is 9.15 Å². The van der Waals surface area contributed by atoms with Crippen LogP contribution in [0.15, 0.2) is 70.1 Å². The van der Waals surface area contributed by atoms with Gasteiger partial charge in [0, 0.05) is 63.3 Å². The Balaban J connectivity index is 1.20. The molecule has 0 unspecified atom stereocenters. The van der Waals surface area contributed by atoms with Crippen LogP contribution in [-0.4, -0.2) is 62.9 Å². The molecule has 1 saturated heterocycles. The zero-order chi connectivity index (χ0) is 24.0. The molecule has 1 N–H and O–H groups in total. The van der Waals surface area contributed by atoms with Crippen LogP contribution in [0.2, 0.25) is 0 Å². The van der Waals surface area contributed by atoms with E-state index in [0.29, 0.717) is 12.3 Å². The summed E-state index contributed by atoms with van der Waals surface area (Å²) in [6.45, 7) is 6.24. The first-order valence-electron chi connectivity index (χ1n) is 12.3. The molecule has 1 aromatic heterocycles. The average Bonchev–Trinajstić information content (AvgIpc) is 3.36. The van der Waals surface area contributed by atoms with Crippen LogP contribution in [-0.2, 0) is 6.54 Å². The number of nitrogens with one attached hydrogen (secondary N) is 1. The number of fused-ring (bicyclic) bond motifs is 1. The van der Waals surface area contributed by atoms with Crippen LogP contribution in [0.25, 0.3) is 11.0 Å². The van der Waals surface area contributed by atoms with Crippen molar-refractivity contribution in [2.45, 2.75) is 19.4 Å². The first-order valence-corrected chi connectivity index (χ1v) is 12.3. The molecule has 0 atom stereocenters. The second kappa shape index (κ2) is 10.8. The molecule has 2 aliphatic rings. The minimum absolute atomic E-state index is 0.223. The van der Waals surface area contributed by atoms with Gasteiger partial charge >= 0.3 is 0 Å². The number of dihydropyridines is 1. The molecular weight excluding hydrogens is 440 g/mol. The van der Waals surface area contributed by atoms with Crippen molar-refractivity contribution in [3.63, 3.8) is 0 Å². The van der Waals surface area contributed by atoms with Crippen LogP contribution in [0.1, 0.15) is 29.0 Å². The summed E-state index contributed by atoms with van der Waals surface area (Å²) in [5, 5.41) is 3.89. The number of furan rings is 1. The molecule has 3 heterocycles. The Morgan fingerprint density at radius 3 is 2.77 bits per heavy atom. The monoisotopic (exact) mass is 472 g/mol. The van der Waals surface area contributed by atoms with E-state index in [1.54, 1.807) is 7.11 Å². The predicted octanol–water partition coefficient (Wildman–Crippen LogP) is 4.28. The maximum absolute atomic E-state index is 12.8. The van der Waals surface area contributed by atoms with Gasteiger partial charge in [0.05, 0.1) is 12.8 Å². The third kappa shape index (κ3) is 5.57. The number of amides is 1. The van der Waals surface area contributed by atoms with Crippen LogP contribution in [0.4, 0.5) is 5.69 Å². The number of piperazine rings is 1. The van der Waals surface area contributed by atoms with Crippen molar-refractivity contribution in [1.82, 2.24) is 10.2 Å². The molecule has 182 valence electrons. The fourth-order valence-corrected chi connectivity index (χ4v) is 4.66. The van der Waals surface area contributed by atoms with E-state index >= 15 is 0 Å². The first-order chi connectivity index (χ1) is 17.2. The van der Waals surface area contributed by atoms with Crippen molar-refractivity contribution in [3.05, 3.63) is 72.0 Å². The number of rotatable bonds is 8. The van der Waals surface area contributed by atoms with Gasteiger partial charge in [-0.1, -0.05) is 30.3 Å². The summed E-state index contributed by atoms with van der Waals surface area (Å²) in [5.41, 5.74) is 4.01. The number of anilines is 1. The number of methoxy groups -OCH3 is 1. The molecule has 1 amide bonds. The number of benzene rings is 2. The quantitative estimate of drug-likeness (QED) is 0.530. The summed E-state index contributed by atoms with van der Waals surface area (Å²) >= 11 is 0. The Morgan fingerprint density at radius 1 is 1.11 bits per heavy atom. The van der Waals surface area contributed by atoms with Gasteiger partial charge in [0.25, 0.3) is 5.91 Å². The van der Waals surface area contributed by atoms with Gasteiger partial charge < -0.3 is 19.4 Å². The summed E-state index contributed by atoms with van der Waals surface area (Å²) < 4.78 is 11.3. The minimum Gasteiger partial charge on any atom is -0.497 e. The lowest BCUT2D eigenvalue weighted by molar-refractivity contribution is 0.0925. The van der Waals surface area contributed by atoms with Crippen LogP contribution in [0, 0.1) is 0 Å². The second-order valence-electron chi connectivity index (χ2n) is 8.98. The SMILES string of the molecule is COc1cccc(CNC(=O)c2cc3cccc(N4CCN(CCC5=NCCC=C5)CC4)c3o2)c1. The molecule has 2 aromatic carbocycles. The molecule has 35 heavy (non-hydrogen) atoms. The molecule has 7 heteroatoms. The lowest BCUT2D eigenvalue weighted by Gasteiger charge is -2.36. The summed E-state index contributed by atoms with van der Waals surface area (Å²) in [4.78, 5) is 22.3. The van der Waals surface area contributed by atoms with E-state index in [1.165, 1.54) is 5.71 Å². The summed E-state index contributed by atoms with van der Waals surface area (Å²) in [6, 6.07) is 15.6.